The molecule has 0 spiro atoms. The van der Waals surface area contributed by atoms with Gasteiger partial charge in [-0.25, -0.2) is 4.98 Å². The van der Waals surface area contributed by atoms with Crippen molar-refractivity contribution in [3.8, 4) is 0 Å². The zero-order chi connectivity index (χ0) is 14.6. The molecular formula is C16H28N4. The summed E-state index contributed by atoms with van der Waals surface area (Å²) in [5.74, 6) is 0.642. The van der Waals surface area contributed by atoms with Crippen LogP contribution in [-0.4, -0.2) is 35.6 Å². The molecule has 1 fully saturated rings. The van der Waals surface area contributed by atoms with E-state index in [1.54, 1.807) is 6.20 Å². The number of nitrogens with two attached hydrogens (primary N) is 1. The van der Waals surface area contributed by atoms with Crippen LogP contribution < -0.4 is 11.1 Å². The Labute approximate surface area is 122 Å². The normalized spacial score (nSPS) is 21.4. The Morgan fingerprint density at radius 3 is 2.65 bits per heavy atom. The van der Waals surface area contributed by atoms with Crippen molar-refractivity contribution < 1.29 is 0 Å². The van der Waals surface area contributed by atoms with Crippen LogP contribution in [0.3, 0.4) is 0 Å². The Hall–Kier alpha value is -1.13. The van der Waals surface area contributed by atoms with Gasteiger partial charge in [0.1, 0.15) is 5.82 Å². The molecule has 2 rings (SSSR count). The number of aromatic nitrogens is 1. The summed E-state index contributed by atoms with van der Waals surface area (Å²) < 4.78 is 0. The van der Waals surface area contributed by atoms with Gasteiger partial charge in [-0.15, -0.1) is 0 Å². The third-order valence-electron chi connectivity index (χ3n) is 4.89. The first-order chi connectivity index (χ1) is 9.63. The average Bonchev–Trinajstić information content (AvgIpc) is 2.50. The van der Waals surface area contributed by atoms with Crippen molar-refractivity contribution in [1.82, 2.24) is 15.2 Å². The Kier molecular flexibility index (Phi) is 5.00. The van der Waals surface area contributed by atoms with Crippen LogP contribution in [0.15, 0.2) is 18.3 Å². The molecule has 1 aromatic heterocycles. The Morgan fingerprint density at radius 2 is 2.10 bits per heavy atom. The number of nitrogens with zero attached hydrogens (tertiary/aromatic N) is 2. The second-order valence-corrected chi connectivity index (χ2v) is 5.96. The van der Waals surface area contributed by atoms with E-state index in [1.807, 2.05) is 13.1 Å². The molecular weight excluding hydrogens is 248 g/mol. The Bertz CT molecular complexity index is 428. The fourth-order valence-electron chi connectivity index (χ4n) is 3.49. The minimum absolute atomic E-state index is 0.0757. The van der Waals surface area contributed by atoms with E-state index in [0.29, 0.717) is 5.82 Å². The van der Waals surface area contributed by atoms with Gasteiger partial charge in [0.2, 0.25) is 0 Å². The quantitative estimate of drug-likeness (QED) is 0.868. The summed E-state index contributed by atoms with van der Waals surface area (Å²) in [6.45, 7) is 6.99. The average molecular weight is 276 g/mol. The van der Waals surface area contributed by atoms with Gasteiger partial charge in [-0.05, 0) is 52.4 Å². The molecule has 2 atom stereocenters. The number of nitrogens with one attached hydrogen (secondary N) is 1. The number of pyridine rings is 1. The highest BCUT2D eigenvalue weighted by Gasteiger charge is 2.39. The van der Waals surface area contributed by atoms with Gasteiger partial charge in [0, 0.05) is 17.3 Å². The van der Waals surface area contributed by atoms with Gasteiger partial charge in [0.15, 0.2) is 0 Å². The molecule has 1 aromatic rings. The first-order valence-electron chi connectivity index (χ1n) is 7.76. The molecule has 2 heterocycles. The molecule has 3 N–H and O–H groups in total. The summed E-state index contributed by atoms with van der Waals surface area (Å²) in [5, 5.41) is 3.49. The van der Waals surface area contributed by atoms with Gasteiger partial charge in [-0.3, -0.25) is 4.90 Å². The zero-order valence-corrected chi connectivity index (χ0v) is 13.0. The standard InChI is InChI=1S/C16H28N4/c1-4-16(2,20-11-6-5-7-12-20)14(18-3)13-9-8-10-19-15(13)17/h8-10,14,18H,4-7,11-12H2,1-3H3,(H2,17,19). The van der Waals surface area contributed by atoms with Crippen molar-refractivity contribution in [2.45, 2.75) is 51.1 Å². The fourth-order valence-corrected chi connectivity index (χ4v) is 3.49. The topological polar surface area (TPSA) is 54.2 Å². The molecule has 0 saturated carbocycles. The van der Waals surface area contributed by atoms with Crippen LogP contribution in [0.1, 0.15) is 51.1 Å². The largest absolute Gasteiger partial charge is 0.383 e. The first-order valence-corrected chi connectivity index (χ1v) is 7.76. The van der Waals surface area contributed by atoms with Crippen LogP contribution in [-0.2, 0) is 0 Å². The van der Waals surface area contributed by atoms with Crippen LogP contribution in [0.25, 0.3) is 0 Å². The fraction of sp³-hybridized carbons (Fsp3) is 0.688. The van der Waals surface area contributed by atoms with E-state index in [9.17, 15) is 0 Å². The number of hydrogen-bond donors (Lipinski definition) is 2. The maximum atomic E-state index is 6.11. The zero-order valence-electron chi connectivity index (χ0n) is 13.0. The van der Waals surface area contributed by atoms with Crippen molar-refractivity contribution >= 4 is 5.82 Å². The van der Waals surface area contributed by atoms with Gasteiger partial charge < -0.3 is 11.1 Å². The van der Waals surface area contributed by atoms with Crippen LogP contribution in [0.5, 0.6) is 0 Å². The highest BCUT2D eigenvalue weighted by atomic mass is 15.2. The SMILES string of the molecule is CCC(C)(C(NC)c1cccnc1N)N1CCCCC1. The molecule has 1 aliphatic heterocycles. The monoisotopic (exact) mass is 276 g/mol. The summed E-state index contributed by atoms with van der Waals surface area (Å²) in [7, 11) is 2.02. The summed E-state index contributed by atoms with van der Waals surface area (Å²) >= 11 is 0. The van der Waals surface area contributed by atoms with E-state index >= 15 is 0 Å². The second-order valence-electron chi connectivity index (χ2n) is 5.96. The summed E-state index contributed by atoms with van der Waals surface area (Å²) in [6, 6.07) is 4.28. The predicted molar refractivity (Wildman–Crippen MR) is 84.6 cm³/mol. The van der Waals surface area contributed by atoms with Gasteiger partial charge >= 0.3 is 0 Å². The maximum absolute atomic E-state index is 6.11. The van der Waals surface area contributed by atoms with E-state index in [2.05, 4.69) is 35.1 Å². The molecule has 2 unspecified atom stereocenters. The molecule has 20 heavy (non-hydrogen) atoms. The highest BCUT2D eigenvalue weighted by Crippen LogP contribution is 2.37. The highest BCUT2D eigenvalue weighted by molar-refractivity contribution is 5.42. The molecule has 4 nitrogen and oxygen atoms in total. The van der Waals surface area contributed by atoms with Gasteiger partial charge in [0.25, 0.3) is 0 Å². The van der Waals surface area contributed by atoms with Crippen LogP contribution >= 0.6 is 0 Å². The number of nitrogen functional groups attached to an aromatic ring is 1. The van der Waals surface area contributed by atoms with Crippen molar-refractivity contribution in [1.29, 1.82) is 0 Å². The number of piperidine rings is 1. The molecule has 0 aromatic carbocycles. The molecule has 0 bridgehead atoms. The van der Waals surface area contributed by atoms with Crippen LogP contribution in [0.2, 0.25) is 0 Å². The smallest absolute Gasteiger partial charge is 0.128 e. The van der Waals surface area contributed by atoms with E-state index in [0.717, 1.165) is 12.0 Å². The Morgan fingerprint density at radius 1 is 1.40 bits per heavy atom. The van der Waals surface area contributed by atoms with E-state index in [4.69, 9.17) is 5.73 Å². The molecule has 1 saturated heterocycles. The molecule has 1 aliphatic rings. The predicted octanol–water partition coefficient (Wildman–Crippen LogP) is 2.58. The number of anilines is 1. The van der Waals surface area contributed by atoms with Gasteiger partial charge in [0.05, 0.1) is 6.04 Å². The van der Waals surface area contributed by atoms with Crippen LogP contribution in [0.4, 0.5) is 5.82 Å². The lowest BCUT2D eigenvalue weighted by Gasteiger charge is -2.48. The summed E-state index contributed by atoms with van der Waals surface area (Å²) in [4.78, 5) is 6.89. The van der Waals surface area contributed by atoms with Crippen molar-refractivity contribution in [2.24, 2.45) is 0 Å². The molecule has 0 aliphatic carbocycles. The lowest BCUT2D eigenvalue weighted by atomic mass is 9.82. The minimum atomic E-state index is 0.0757. The second kappa shape index (κ2) is 6.55. The Balaban J connectivity index is 2.33. The lowest BCUT2D eigenvalue weighted by Crippen LogP contribution is -2.55. The minimum Gasteiger partial charge on any atom is -0.383 e. The number of likely N-dealkylation sites (N-methyl/N-ethyl adjacent to an activating group) is 1. The van der Waals surface area contributed by atoms with Gasteiger partial charge in [-0.1, -0.05) is 19.4 Å². The third-order valence-corrected chi connectivity index (χ3v) is 4.89. The molecule has 112 valence electrons. The number of hydrogen-bond acceptors (Lipinski definition) is 4. The van der Waals surface area contributed by atoms with Crippen molar-refractivity contribution in [2.75, 3.05) is 25.9 Å². The van der Waals surface area contributed by atoms with Gasteiger partial charge in [-0.2, -0.15) is 0 Å². The lowest BCUT2D eigenvalue weighted by molar-refractivity contribution is 0.0449. The molecule has 4 heteroatoms. The number of rotatable bonds is 5. The maximum Gasteiger partial charge on any atom is 0.128 e. The molecule has 0 radical (unpaired) electrons. The van der Waals surface area contributed by atoms with Crippen molar-refractivity contribution in [3.63, 3.8) is 0 Å². The summed E-state index contributed by atoms with van der Waals surface area (Å²) in [5.41, 5.74) is 7.30. The third kappa shape index (κ3) is 2.81. The molecule has 0 amide bonds. The van der Waals surface area contributed by atoms with E-state index < -0.39 is 0 Å². The first kappa shape index (κ1) is 15.3. The van der Waals surface area contributed by atoms with E-state index in [-0.39, 0.29) is 11.6 Å². The van der Waals surface area contributed by atoms with Crippen molar-refractivity contribution in [3.05, 3.63) is 23.9 Å². The van der Waals surface area contributed by atoms with Crippen LogP contribution in [0, 0.1) is 0 Å². The van der Waals surface area contributed by atoms with E-state index in [1.165, 1.54) is 32.4 Å². The number of likely N-dealkylation sites (tertiary alicyclic amines) is 1. The summed E-state index contributed by atoms with van der Waals surface area (Å²) in [6.07, 6.45) is 6.81.